The number of aliphatic hydroxyl groups is 1. The summed E-state index contributed by atoms with van der Waals surface area (Å²) in [7, 11) is 0. The maximum atomic E-state index is 14.2. The third-order valence-electron chi connectivity index (χ3n) is 9.55. The number of hydrogen-bond acceptors (Lipinski definition) is 10. The number of benzene rings is 2. The lowest BCUT2D eigenvalue weighted by atomic mass is 9.99. The Morgan fingerprint density at radius 1 is 0.810 bits per heavy atom. The number of aliphatic imine (C=N–C) groups is 1. The zero-order valence-electron chi connectivity index (χ0n) is 33.5. The van der Waals surface area contributed by atoms with E-state index >= 15 is 0 Å². The van der Waals surface area contributed by atoms with Crippen molar-refractivity contribution < 1.29 is 39.0 Å². The van der Waals surface area contributed by atoms with Gasteiger partial charge in [-0.2, -0.15) is 0 Å². The lowest BCUT2D eigenvalue weighted by molar-refractivity contribution is -0.142. The van der Waals surface area contributed by atoms with Crippen molar-refractivity contribution >= 4 is 41.4 Å². The summed E-state index contributed by atoms with van der Waals surface area (Å²) in [6.07, 6.45) is 1.67. The van der Waals surface area contributed by atoms with Crippen LogP contribution in [-0.4, -0.2) is 119 Å². The summed E-state index contributed by atoms with van der Waals surface area (Å²) >= 11 is 0. The minimum absolute atomic E-state index is 0.00285. The Balaban J connectivity index is 1.90. The zero-order valence-corrected chi connectivity index (χ0v) is 33.5. The van der Waals surface area contributed by atoms with Crippen LogP contribution in [0.3, 0.4) is 0 Å². The van der Waals surface area contributed by atoms with Crippen LogP contribution in [0, 0.1) is 5.92 Å². The second-order valence-electron chi connectivity index (χ2n) is 14.8. The van der Waals surface area contributed by atoms with Crippen molar-refractivity contribution in [3.05, 3.63) is 65.7 Å². The SMILES string of the molecule is CCNC(=O)C1CCCN1C(=O)C(CCCN=C(N)N)NC(=O)C(CC(C)C)NC(=O)C(Cc1ccccc1)NC(=O)C(Cc1ccc(O)cc1)NC(=O)C(N)CO. The average Bonchev–Trinajstić information content (AvgIpc) is 3.69. The molecule has 1 aliphatic heterocycles. The number of nitrogens with zero attached hydrogens (tertiary/aromatic N) is 2. The Morgan fingerprint density at radius 3 is 1.93 bits per heavy atom. The van der Waals surface area contributed by atoms with Crippen LogP contribution in [0.4, 0.5) is 0 Å². The minimum atomic E-state index is -1.32. The lowest BCUT2D eigenvalue weighted by Crippen LogP contribution is -2.60. The van der Waals surface area contributed by atoms with Gasteiger partial charge in [-0.3, -0.25) is 33.8 Å². The number of likely N-dealkylation sites (tertiary alicyclic amines) is 1. The van der Waals surface area contributed by atoms with Crippen LogP contribution in [0.5, 0.6) is 5.75 Å². The third kappa shape index (κ3) is 15.0. The fraction of sp³-hybridized carbons (Fsp3) is 0.525. The quantitative estimate of drug-likeness (QED) is 0.0378. The number of rotatable bonds is 22. The van der Waals surface area contributed by atoms with Gasteiger partial charge in [0.2, 0.25) is 35.4 Å². The van der Waals surface area contributed by atoms with Crippen LogP contribution >= 0.6 is 0 Å². The second-order valence-corrected chi connectivity index (χ2v) is 14.8. The van der Waals surface area contributed by atoms with Crippen LogP contribution in [0.2, 0.25) is 0 Å². The number of phenolic OH excluding ortho intramolecular Hbond substituents is 1. The van der Waals surface area contributed by atoms with Gasteiger partial charge in [-0.15, -0.1) is 0 Å². The smallest absolute Gasteiger partial charge is 0.245 e. The van der Waals surface area contributed by atoms with Gasteiger partial charge < -0.3 is 58.9 Å². The topological polar surface area (TPSA) is 297 Å². The summed E-state index contributed by atoms with van der Waals surface area (Å²) in [6.45, 7) is 5.75. The van der Waals surface area contributed by atoms with Crippen LogP contribution in [-0.2, 0) is 41.6 Å². The Bertz CT molecular complexity index is 1700. The summed E-state index contributed by atoms with van der Waals surface area (Å²) < 4.78 is 0. The summed E-state index contributed by atoms with van der Waals surface area (Å²) in [5, 5.41) is 32.9. The van der Waals surface area contributed by atoms with Gasteiger partial charge in [0.05, 0.1) is 6.61 Å². The van der Waals surface area contributed by atoms with Gasteiger partial charge in [0.1, 0.15) is 42.0 Å². The molecule has 6 amide bonds. The number of likely N-dealkylation sites (N-methyl/N-ethyl adjacent to an activating group) is 1. The minimum Gasteiger partial charge on any atom is -0.508 e. The van der Waals surface area contributed by atoms with Crippen molar-refractivity contribution in [2.75, 3.05) is 26.2 Å². The van der Waals surface area contributed by atoms with Crippen molar-refractivity contribution in [2.45, 2.75) is 102 Å². The predicted octanol–water partition coefficient (Wildman–Crippen LogP) is -1.34. The molecule has 1 fully saturated rings. The number of aromatic hydroxyl groups is 1. The summed E-state index contributed by atoms with van der Waals surface area (Å²) in [5.74, 6) is -3.84. The third-order valence-corrected chi connectivity index (χ3v) is 9.55. The molecular formula is C40H60N10O8. The number of aliphatic hydroxyl groups excluding tert-OH is 1. The van der Waals surface area contributed by atoms with Crippen molar-refractivity contribution in [3.8, 4) is 5.75 Å². The number of carbonyl (C=O) groups excluding carboxylic acids is 6. The van der Waals surface area contributed by atoms with E-state index in [4.69, 9.17) is 17.2 Å². The van der Waals surface area contributed by atoms with Crippen molar-refractivity contribution in [1.82, 2.24) is 31.5 Å². The Kier molecular flexibility index (Phi) is 18.9. The van der Waals surface area contributed by atoms with E-state index in [9.17, 15) is 39.0 Å². The van der Waals surface area contributed by atoms with Gasteiger partial charge in [-0.1, -0.05) is 56.3 Å². The molecule has 0 aromatic heterocycles. The molecule has 6 unspecified atom stereocenters. The molecule has 1 saturated heterocycles. The lowest BCUT2D eigenvalue weighted by Gasteiger charge is -2.30. The fourth-order valence-electron chi connectivity index (χ4n) is 6.57. The molecule has 18 nitrogen and oxygen atoms in total. The number of hydrogen-bond donors (Lipinski definition) is 10. The van der Waals surface area contributed by atoms with Gasteiger partial charge in [0, 0.05) is 32.5 Å². The number of amides is 6. The fourth-order valence-corrected chi connectivity index (χ4v) is 6.57. The molecule has 18 heteroatoms. The van der Waals surface area contributed by atoms with E-state index in [0.717, 1.165) is 0 Å². The first-order chi connectivity index (χ1) is 27.6. The standard InChI is InChI=1S/C40H60N10O8/c1-4-44-38(57)33-13-9-19-50(33)39(58)29(12-8-18-45-40(42)43)46-35(54)30(20-24(2)3)48-37(56)32(21-25-10-6-5-7-11-25)49-36(55)31(47-34(53)28(41)23-51)22-26-14-16-27(52)17-15-26/h5-7,10-11,14-17,24,28-33,51-52H,4,8-9,12-13,18-23,41H2,1-3H3,(H,44,57)(H,46,54)(H,47,53)(H,48,56)(H,49,55)(H4,42,43,45). The molecule has 2 aromatic rings. The summed E-state index contributed by atoms with van der Waals surface area (Å²) in [4.78, 5) is 87.4. The first-order valence-electron chi connectivity index (χ1n) is 19.7. The molecule has 318 valence electrons. The molecule has 0 saturated carbocycles. The molecule has 3 rings (SSSR count). The van der Waals surface area contributed by atoms with E-state index in [-0.39, 0.29) is 55.8 Å². The Morgan fingerprint density at radius 2 is 1.36 bits per heavy atom. The highest BCUT2D eigenvalue weighted by Gasteiger charge is 2.38. The number of guanidine groups is 1. The van der Waals surface area contributed by atoms with Gasteiger partial charge in [-0.25, -0.2) is 0 Å². The van der Waals surface area contributed by atoms with Gasteiger partial charge in [0.15, 0.2) is 5.96 Å². The monoisotopic (exact) mass is 808 g/mol. The van der Waals surface area contributed by atoms with Crippen LogP contribution < -0.4 is 43.8 Å². The normalized spacial score (nSPS) is 16.2. The van der Waals surface area contributed by atoms with E-state index < -0.39 is 72.4 Å². The highest BCUT2D eigenvalue weighted by atomic mass is 16.3. The molecular weight excluding hydrogens is 749 g/mol. The first kappa shape index (κ1) is 46.6. The largest absolute Gasteiger partial charge is 0.508 e. The number of nitrogens with two attached hydrogens (primary N) is 3. The highest BCUT2D eigenvalue weighted by molar-refractivity contribution is 5.97. The number of nitrogens with one attached hydrogen (secondary N) is 5. The van der Waals surface area contributed by atoms with Gasteiger partial charge in [0.25, 0.3) is 0 Å². The van der Waals surface area contributed by atoms with E-state index in [1.165, 1.54) is 17.0 Å². The summed E-state index contributed by atoms with van der Waals surface area (Å²) in [5.41, 5.74) is 18.0. The average molecular weight is 809 g/mol. The van der Waals surface area contributed by atoms with Crippen LogP contribution in [0.25, 0.3) is 0 Å². The first-order valence-corrected chi connectivity index (χ1v) is 19.7. The number of phenols is 1. The Hall–Kier alpha value is -5.75. The van der Waals surface area contributed by atoms with Crippen molar-refractivity contribution in [3.63, 3.8) is 0 Å². The highest BCUT2D eigenvalue weighted by Crippen LogP contribution is 2.20. The maximum Gasteiger partial charge on any atom is 0.245 e. The van der Waals surface area contributed by atoms with Crippen LogP contribution in [0.15, 0.2) is 59.6 Å². The van der Waals surface area contributed by atoms with E-state index in [0.29, 0.717) is 43.5 Å². The molecule has 1 heterocycles. The molecule has 13 N–H and O–H groups in total. The van der Waals surface area contributed by atoms with Gasteiger partial charge >= 0.3 is 0 Å². The summed E-state index contributed by atoms with van der Waals surface area (Å²) in [6, 6.07) is 8.12. The van der Waals surface area contributed by atoms with Crippen LogP contribution in [0.1, 0.15) is 64.0 Å². The van der Waals surface area contributed by atoms with Crippen molar-refractivity contribution in [1.29, 1.82) is 0 Å². The second kappa shape index (κ2) is 23.5. The molecule has 0 spiro atoms. The molecule has 0 bridgehead atoms. The van der Waals surface area contributed by atoms with E-state index in [1.807, 2.05) is 13.8 Å². The maximum absolute atomic E-state index is 14.2. The molecule has 6 atom stereocenters. The molecule has 0 aliphatic carbocycles. The van der Waals surface area contributed by atoms with E-state index in [1.54, 1.807) is 49.4 Å². The Labute approximate surface area is 339 Å². The molecule has 58 heavy (non-hydrogen) atoms. The van der Waals surface area contributed by atoms with Crippen molar-refractivity contribution in [2.24, 2.45) is 28.1 Å². The predicted molar refractivity (Wildman–Crippen MR) is 218 cm³/mol. The number of carbonyl (C=O) groups is 6. The van der Waals surface area contributed by atoms with Gasteiger partial charge in [-0.05, 0) is 68.2 Å². The zero-order chi connectivity index (χ0) is 42.8. The van der Waals surface area contributed by atoms with E-state index in [2.05, 4.69) is 31.6 Å². The molecule has 0 radical (unpaired) electrons. The molecule has 1 aliphatic rings. The molecule has 2 aromatic carbocycles.